The van der Waals surface area contributed by atoms with E-state index in [0.29, 0.717) is 6.42 Å². The van der Waals surface area contributed by atoms with Gasteiger partial charge in [-0.2, -0.15) is 5.10 Å². The molecule has 2 heterocycles. The van der Waals surface area contributed by atoms with E-state index in [2.05, 4.69) is 20.5 Å². The highest BCUT2D eigenvalue weighted by Crippen LogP contribution is 2.19. The molecule has 0 aliphatic heterocycles. The number of nitrogens with zero attached hydrogens (tertiary/aromatic N) is 2. The van der Waals surface area contributed by atoms with Crippen LogP contribution in [0, 0.1) is 0 Å². The molecule has 6 heteroatoms. The second-order valence-corrected chi connectivity index (χ2v) is 4.61. The molecule has 2 aromatic rings. The van der Waals surface area contributed by atoms with Crippen LogP contribution in [0.4, 0.5) is 0 Å². The fourth-order valence-corrected chi connectivity index (χ4v) is 1.98. The van der Waals surface area contributed by atoms with Gasteiger partial charge in [0.1, 0.15) is 0 Å². The maximum absolute atomic E-state index is 10.6. The Morgan fingerprint density at radius 1 is 1.35 bits per heavy atom. The number of nitrogens with one attached hydrogen (secondary N) is 2. The number of nitrogens with two attached hydrogens (primary N) is 1. The van der Waals surface area contributed by atoms with E-state index in [1.54, 1.807) is 6.20 Å². The minimum absolute atomic E-state index is 0.237. The van der Waals surface area contributed by atoms with Crippen molar-refractivity contribution >= 4 is 5.91 Å². The summed E-state index contributed by atoms with van der Waals surface area (Å²) in [5, 5.41) is 10.4. The molecular formula is C14H19N5O. The first-order valence-corrected chi connectivity index (χ1v) is 6.69. The molecule has 2 rings (SSSR count). The van der Waals surface area contributed by atoms with Crippen LogP contribution in [-0.4, -0.2) is 27.6 Å². The Balaban J connectivity index is 1.80. The largest absolute Gasteiger partial charge is 0.370 e. The third kappa shape index (κ3) is 4.17. The van der Waals surface area contributed by atoms with Crippen LogP contribution in [0.2, 0.25) is 0 Å². The average Bonchev–Trinajstić information content (AvgIpc) is 2.92. The number of aromatic nitrogens is 3. The zero-order valence-electron chi connectivity index (χ0n) is 11.3. The maximum Gasteiger partial charge on any atom is 0.217 e. The minimum Gasteiger partial charge on any atom is -0.370 e. The molecule has 0 aliphatic rings. The van der Waals surface area contributed by atoms with Gasteiger partial charge in [0, 0.05) is 36.5 Å². The van der Waals surface area contributed by atoms with Crippen molar-refractivity contribution < 1.29 is 4.79 Å². The summed E-state index contributed by atoms with van der Waals surface area (Å²) in [7, 11) is 0. The van der Waals surface area contributed by atoms with Gasteiger partial charge in [0.05, 0.1) is 11.9 Å². The summed E-state index contributed by atoms with van der Waals surface area (Å²) in [6.45, 7) is 1.59. The molecule has 106 valence electrons. The van der Waals surface area contributed by atoms with Crippen LogP contribution in [0.15, 0.2) is 30.7 Å². The SMILES string of the molecule is NC(=O)CCCCNCc1cn[nH]c1-c1cccnc1. The van der Waals surface area contributed by atoms with Gasteiger partial charge < -0.3 is 11.1 Å². The highest BCUT2D eigenvalue weighted by molar-refractivity contribution is 5.73. The second kappa shape index (κ2) is 7.40. The molecule has 0 fully saturated rings. The molecule has 0 atom stereocenters. The lowest BCUT2D eigenvalue weighted by Gasteiger charge is -2.05. The number of hydrogen-bond donors (Lipinski definition) is 3. The zero-order chi connectivity index (χ0) is 14.2. The number of carbonyl (C=O) groups is 1. The fraction of sp³-hybridized carbons (Fsp3) is 0.357. The van der Waals surface area contributed by atoms with E-state index in [4.69, 9.17) is 5.73 Å². The van der Waals surface area contributed by atoms with E-state index in [-0.39, 0.29) is 5.91 Å². The van der Waals surface area contributed by atoms with Crippen molar-refractivity contribution in [2.75, 3.05) is 6.54 Å². The van der Waals surface area contributed by atoms with Gasteiger partial charge >= 0.3 is 0 Å². The number of aromatic amines is 1. The lowest BCUT2D eigenvalue weighted by Crippen LogP contribution is -2.16. The second-order valence-electron chi connectivity index (χ2n) is 4.61. The Morgan fingerprint density at radius 2 is 2.25 bits per heavy atom. The summed E-state index contributed by atoms with van der Waals surface area (Å²) in [6, 6.07) is 3.90. The van der Waals surface area contributed by atoms with Crippen LogP contribution < -0.4 is 11.1 Å². The van der Waals surface area contributed by atoms with Crippen LogP contribution in [0.25, 0.3) is 11.3 Å². The number of primary amides is 1. The summed E-state index contributed by atoms with van der Waals surface area (Å²) in [5.41, 5.74) is 8.21. The van der Waals surface area contributed by atoms with E-state index in [9.17, 15) is 4.79 Å². The van der Waals surface area contributed by atoms with E-state index < -0.39 is 0 Å². The number of amides is 1. The fourth-order valence-electron chi connectivity index (χ4n) is 1.98. The number of hydrogen-bond acceptors (Lipinski definition) is 4. The number of pyridine rings is 1. The molecule has 0 radical (unpaired) electrons. The molecular weight excluding hydrogens is 254 g/mol. The first kappa shape index (κ1) is 14.2. The molecule has 0 saturated heterocycles. The van der Waals surface area contributed by atoms with Crippen LogP contribution in [0.3, 0.4) is 0 Å². The lowest BCUT2D eigenvalue weighted by atomic mass is 10.1. The van der Waals surface area contributed by atoms with Crippen LogP contribution in [-0.2, 0) is 11.3 Å². The Bertz CT molecular complexity index is 538. The van der Waals surface area contributed by atoms with Gasteiger partial charge in [-0.3, -0.25) is 14.9 Å². The Kier molecular flexibility index (Phi) is 5.25. The molecule has 6 nitrogen and oxygen atoms in total. The predicted octanol–water partition coefficient (Wildman–Crippen LogP) is 1.22. The van der Waals surface area contributed by atoms with E-state index >= 15 is 0 Å². The van der Waals surface area contributed by atoms with Gasteiger partial charge in [-0.25, -0.2) is 0 Å². The normalized spacial score (nSPS) is 10.6. The van der Waals surface area contributed by atoms with E-state index in [0.717, 1.165) is 42.8 Å². The first-order valence-electron chi connectivity index (χ1n) is 6.69. The summed E-state index contributed by atoms with van der Waals surface area (Å²) in [5.74, 6) is -0.237. The smallest absolute Gasteiger partial charge is 0.217 e. The number of H-pyrrole nitrogens is 1. The molecule has 0 aromatic carbocycles. The summed E-state index contributed by atoms with van der Waals surface area (Å²) < 4.78 is 0. The highest BCUT2D eigenvalue weighted by Gasteiger charge is 2.06. The van der Waals surface area contributed by atoms with Crippen molar-refractivity contribution in [3.05, 3.63) is 36.3 Å². The number of rotatable bonds is 8. The van der Waals surface area contributed by atoms with Gasteiger partial charge in [-0.15, -0.1) is 0 Å². The summed E-state index contributed by atoms with van der Waals surface area (Å²) in [4.78, 5) is 14.7. The minimum atomic E-state index is -0.237. The topological polar surface area (TPSA) is 96.7 Å². The zero-order valence-corrected chi connectivity index (χ0v) is 11.3. The molecule has 1 amide bonds. The Morgan fingerprint density at radius 3 is 3.00 bits per heavy atom. The molecule has 0 aliphatic carbocycles. The predicted molar refractivity (Wildman–Crippen MR) is 76.6 cm³/mol. The van der Waals surface area contributed by atoms with E-state index in [1.807, 2.05) is 24.5 Å². The molecule has 0 unspecified atom stereocenters. The summed E-state index contributed by atoms with van der Waals surface area (Å²) in [6.07, 6.45) is 7.58. The molecule has 0 spiro atoms. The van der Waals surface area contributed by atoms with E-state index in [1.165, 1.54) is 0 Å². The molecule has 2 aromatic heterocycles. The maximum atomic E-state index is 10.6. The van der Waals surface area contributed by atoms with Crippen LogP contribution in [0.5, 0.6) is 0 Å². The average molecular weight is 273 g/mol. The van der Waals surface area contributed by atoms with Gasteiger partial charge in [0.2, 0.25) is 5.91 Å². The third-order valence-corrected chi connectivity index (χ3v) is 3.01. The van der Waals surface area contributed by atoms with Crippen molar-refractivity contribution in [3.8, 4) is 11.3 Å². The highest BCUT2D eigenvalue weighted by atomic mass is 16.1. The van der Waals surface area contributed by atoms with Crippen LogP contribution >= 0.6 is 0 Å². The van der Waals surface area contributed by atoms with Crippen molar-refractivity contribution in [1.29, 1.82) is 0 Å². The third-order valence-electron chi connectivity index (χ3n) is 3.01. The molecule has 0 saturated carbocycles. The van der Waals surface area contributed by atoms with Gasteiger partial charge in [-0.1, -0.05) is 0 Å². The quantitative estimate of drug-likeness (QED) is 0.630. The van der Waals surface area contributed by atoms with Gasteiger partial charge in [0.25, 0.3) is 0 Å². The van der Waals surface area contributed by atoms with Gasteiger partial charge in [-0.05, 0) is 31.5 Å². The lowest BCUT2D eigenvalue weighted by molar-refractivity contribution is -0.118. The molecule has 20 heavy (non-hydrogen) atoms. The van der Waals surface area contributed by atoms with Crippen molar-refractivity contribution in [2.24, 2.45) is 5.73 Å². The number of carbonyl (C=O) groups excluding carboxylic acids is 1. The van der Waals surface area contributed by atoms with Crippen molar-refractivity contribution in [1.82, 2.24) is 20.5 Å². The Hall–Kier alpha value is -2.21. The van der Waals surface area contributed by atoms with Gasteiger partial charge in [0.15, 0.2) is 0 Å². The summed E-state index contributed by atoms with van der Waals surface area (Å²) >= 11 is 0. The standard InChI is InChI=1S/C14H19N5O/c15-13(20)5-1-2-6-16-9-12-10-18-19-14(12)11-4-3-7-17-8-11/h3-4,7-8,10,16H,1-2,5-6,9H2,(H2,15,20)(H,18,19). The van der Waals surface area contributed by atoms with Crippen LogP contribution in [0.1, 0.15) is 24.8 Å². The first-order chi connectivity index (χ1) is 9.77. The molecule has 0 bridgehead atoms. The number of unbranched alkanes of at least 4 members (excludes halogenated alkanes) is 1. The monoisotopic (exact) mass is 273 g/mol. The molecule has 4 N–H and O–H groups in total. The van der Waals surface area contributed by atoms with Crippen molar-refractivity contribution in [2.45, 2.75) is 25.8 Å². The van der Waals surface area contributed by atoms with Crippen molar-refractivity contribution in [3.63, 3.8) is 0 Å². The Labute approximate surface area is 117 Å².